The zero-order valence-corrected chi connectivity index (χ0v) is 84.5. The maximum absolute atomic E-state index is 2.51. The minimum Gasteiger partial charge on any atom is -0.311 e. The molecule has 0 N–H and O–H groups in total. The number of benzene rings is 20. The fourth-order valence-electron chi connectivity index (χ4n) is 33.6. The van der Waals surface area contributed by atoms with Crippen LogP contribution in [0.2, 0.25) is 0 Å². The Labute approximate surface area is 877 Å². The Morgan fingerprint density at radius 3 is 0.732 bits per heavy atom. The fraction of sp³-hybridized carbons (Fsp3) is 0.205. The predicted molar refractivity (Wildman–Crippen MR) is 621 cm³/mol. The molecule has 0 heterocycles. The Morgan fingerprint density at radius 1 is 0.148 bits per heavy atom. The van der Waals surface area contributed by atoms with Crippen molar-refractivity contribution >= 4 is 72.7 Å². The molecule has 12 bridgehead atoms. The average Bonchev–Trinajstić information content (AvgIpc) is 1.52. The third-order valence-corrected chi connectivity index (χ3v) is 38.8. The molecule has 0 saturated heterocycles. The molecule has 3 nitrogen and oxygen atoms in total. The largest absolute Gasteiger partial charge is 0.311 e. The van der Waals surface area contributed by atoms with Crippen molar-refractivity contribution in [3.05, 3.63) is 513 Å². The lowest BCUT2D eigenvalue weighted by atomic mass is 9.43. The van der Waals surface area contributed by atoms with Crippen LogP contribution in [-0.2, 0) is 16.2 Å². The molecule has 0 radical (unpaired) electrons. The van der Waals surface area contributed by atoms with Gasteiger partial charge in [-0.15, -0.1) is 0 Å². The molecule has 35 rings (SSSR count). The molecule has 149 heavy (non-hydrogen) atoms. The summed E-state index contributed by atoms with van der Waals surface area (Å²) in [5.74, 6) is 10.4. The summed E-state index contributed by atoms with van der Waals surface area (Å²) in [5, 5.41) is 4.99. The number of hydrogen-bond donors (Lipinski definition) is 0. The van der Waals surface area contributed by atoms with Gasteiger partial charge in [-0.3, -0.25) is 0 Å². The summed E-state index contributed by atoms with van der Waals surface area (Å²) in [6.45, 7) is 0. The Kier molecular flexibility index (Phi) is 21.3. The summed E-state index contributed by atoms with van der Waals surface area (Å²) < 4.78 is 0. The van der Waals surface area contributed by atoms with Gasteiger partial charge in [-0.2, -0.15) is 0 Å². The number of anilines is 9. The van der Waals surface area contributed by atoms with Gasteiger partial charge in [0, 0.05) is 67.1 Å². The van der Waals surface area contributed by atoms with E-state index in [1.165, 1.54) is 224 Å². The third kappa shape index (κ3) is 14.3. The van der Waals surface area contributed by atoms with Crippen molar-refractivity contribution in [2.75, 3.05) is 14.7 Å². The first-order chi connectivity index (χ1) is 73.8. The van der Waals surface area contributed by atoms with Gasteiger partial charge in [0.15, 0.2) is 0 Å². The maximum Gasteiger partial charge on any atom is 0.0540 e. The van der Waals surface area contributed by atoms with Crippen molar-refractivity contribution in [3.63, 3.8) is 0 Å². The molecule has 0 aliphatic heterocycles. The number of fused-ring (bicyclic) bond motifs is 11. The summed E-state index contributed by atoms with van der Waals surface area (Å²) in [6, 6.07) is 179. The number of para-hydroxylation sites is 1. The van der Waals surface area contributed by atoms with Gasteiger partial charge in [0.1, 0.15) is 0 Å². The van der Waals surface area contributed by atoms with Crippen LogP contribution in [0.1, 0.15) is 130 Å². The van der Waals surface area contributed by atoms with Crippen LogP contribution in [0.25, 0.3) is 122 Å². The number of nitrogens with zero attached hydrogens (tertiary/aromatic N) is 3. The quantitative estimate of drug-likeness (QED) is 0.101. The highest BCUT2D eigenvalue weighted by Crippen LogP contribution is 2.74. The van der Waals surface area contributed by atoms with Crippen LogP contribution >= 0.6 is 0 Å². The second-order valence-corrected chi connectivity index (χ2v) is 46.1. The van der Waals surface area contributed by atoms with Crippen molar-refractivity contribution in [1.82, 2.24) is 0 Å². The summed E-state index contributed by atoms with van der Waals surface area (Å²) >= 11 is 0. The van der Waals surface area contributed by atoms with Crippen molar-refractivity contribution in [2.24, 2.45) is 71.0 Å². The van der Waals surface area contributed by atoms with Crippen LogP contribution in [0.3, 0.4) is 0 Å². The molecule has 15 aliphatic carbocycles. The Bertz CT molecular complexity index is 8400. The molecule has 0 aromatic heterocycles. The molecule has 12 fully saturated rings. The minimum atomic E-state index is 0.187. The van der Waals surface area contributed by atoms with Crippen LogP contribution in [0.5, 0.6) is 0 Å². The standard InChI is InChI=1S/2C50H41N.C46H39N/c1-2-10-35(11-3-1)36-20-24-41(25-21-36)51(48-19-8-13-37-12-4-5-14-43(37)48)42-26-22-38(23-27-42)44-16-9-18-47-49(44)45-15-6-7-17-46(45)50(47)39-29-33-28-34(31-39)32-40(50)30-33;1-2-9-35(10-3-1)37-17-22-42(23-18-37)51(44-26-19-36-11-4-5-12-39(36)32-44)43-24-20-38(21-25-43)45-14-8-16-48-49(45)46-13-6-7-15-47(46)50(48)40-28-33-27-34(30-40)31-41(50)29-33;1-3-10-33(11-4-1)34-18-22-39(23-19-34)47(38-12-5-2-6-13-38)40-24-20-35(21-25-40)41-15-9-17-44-45(41)42-14-7-8-16-43(42)46(44)36-27-31-26-32(29-36)30-37(46)28-31/h1-27,33-34,39-40H,28-32H2;1-26,32-34,40-41H,27-31H2;1-25,31-32,36-37H,26-30H2. The number of hydrogen-bond acceptors (Lipinski definition) is 3. The molecule has 720 valence electrons. The second kappa shape index (κ2) is 35.8. The van der Waals surface area contributed by atoms with E-state index in [4.69, 9.17) is 0 Å². The molecule has 0 amide bonds. The predicted octanol–water partition coefficient (Wildman–Crippen LogP) is 38.9. The smallest absolute Gasteiger partial charge is 0.0540 e. The molecule has 3 spiro atoms. The van der Waals surface area contributed by atoms with Gasteiger partial charge >= 0.3 is 0 Å². The van der Waals surface area contributed by atoms with E-state index in [9.17, 15) is 0 Å². The molecular formula is C146H121N3. The van der Waals surface area contributed by atoms with Gasteiger partial charge in [-0.25, -0.2) is 0 Å². The highest BCUT2D eigenvalue weighted by Gasteiger charge is 2.65. The summed E-state index contributed by atoms with van der Waals surface area (Å²) in [4.78, 5) is 7.20. The molecule has 0 unspecified atom stereocenters. The highest BCUT2D eigenvalue weighted by atomic mass is 15.2. The molecule has 15 aliphatic rings. The van der Waals surface area contributed by atoms with E-state index in [1.807, 2.05) is 0 Å². The minimum absolute atomic E-state index is 0.187. The van der Waals surface area contributed by atoms with Gasteiger partial charge in [-0.1, -0.05) is 376 Å². The Hall–Kier alpha value is -15.7. The van der Waals surface area contributed by atoms with Gasteiger partial charge in [0.05, 0.1) is 5.69 Å². The first-order valence-electron chi connectivity index (χ1n) is 55.7. The van der Waals surface area contributed by atoms with E-state index in [-0.39, 0.29) is 16.2 Å². The molecule has 3 heteroatoms. The van der Waals surface area contributed by atoms with Crippen LogP contribution in [0, 0.1) is 71.0 Å². The van der Waals surface area contributed by atoms with Crippen LogP contribution in [0.15, 0.2) is 479 Å². The normalized spacial score (nSPS) is 24.1. The highest BCUT2D eigenvalue weighted by molar-refractivity contribution is 6.02. The molecule has 20 aromatic carbocycles. The van der Waals surface area contributed by atoms with Gasteiger partial charge in [0.2, 0.25) is 0 Å². The van der Waals surface area contributed by atoms with Crippen LogP contribution < -0.4 is 14.7 Å². The fourth-order valence-corrected chi connectivity index (χ4v) is 33.6. The Morgan fingerprint density at radius 2 is 0.383 bits per heavy atom. The molecule has 20 aromatic rings. The van der Waals surface area contributed by atoms with Gasteiger partial charge < -0.3 is 14.7 Å². The van der Waals surface area contributed by atoms with E-state index in [2.05, 4.69) is 494 Å². The SMILES string of the molecule is c1ccc(-c2ccc(N(c3ccc(-c4cccc5c4-c4ccccc4C54C5CC6CC(C5)CC4C6)cc3)c3ccc4ccccc4c3)cc2)cc1.c1ccc(-c2ccc(N(c3ccc(-c4cccc5c4-c4ccccc4C54C5CC6CC(C5)CC4C6)cc3)c3cccc4ccccc34)cc2)cc1.c1ccc(-c2ccc(N(c3ccccc3)c3ccc(-c4cccc5c4-c4ccccc4C54C5CC6CC(C5)CC4C6)cc3)cc2)cc1. The van der Waals surface area contributed by atoms with Crippen molar-refractivity contribution in [1.29, 1.82) is 0 Å². The zero-order chi connectivity index (χ0) is 98.0. The van der Waals surface area contributed by atoms with Gasteiger partial charge in [0.25, 0.3) is 0 Å². The zero-order valence-electron chi connectivity index (χ0n) is 84.5. The van der Waals surface area contributed by atoms with E-state index < -0.39 is 0 Å². The Balaban J connectivity index is 0.000000103. The lowest BCUT2D eigenvalue weighted by molar-refractivity contribution is -0.0399. The monoisotopic (exact) mass is 1920 g/mol. The first-order valence-corrected chi connectivity index (χ1v) is 55.7. The molecule has 0 atom stereocenters. The summed E-state index contributed by atoms with van der Waals surface area (Å²) in [6.07, 6.45) is 21.4. The topological polar surface area (TPSA) is 9.72 Å². The van der Waals surface area contributed by atoms with Crippen molar-refractivity contribution in [2.45, 2.75) is 113 Å². The average molecular weight is 1920 g/mol. The summed E-state index contributed by atoms with van der Waals surface area (Å²) in [7, 11) is 0. The van der Waals surface area contributed by atoms with E-state index in [1.54, 1.807) is 33.4 Å². The third-order valence-electron chi connectivity index (χ3n) is 38.8. The van der Waals surface area contributed by atoms with Crippen molar-refractivity contribution in [3.8, 4) is 100 Å². The van der Waals surface area contributed by atoms with Crippen molar-refractivity contribution < 1.29 is 0 Å². The maximum atomic E-state index is 2.51. The van der Waals surface area contributed by atoms with E-state index >= 15 is 0 Å². The van der Waals surface area contributed by atoms with Gasteiger partial charge in [-0.05, 0) is 420 Å². The summed E-state index contributed by atoms with van der Waals surface area (Å²) in [5.41, 5.74) is 45.1. The lowest BCUT2D eigenvalue weighted by Crippen LogP contribution is -2.55. The molecule has 12 saturated carbocycles. The molecular weight excluding hydrogens is 1800 g/mol. The lowest BCUT2D eigenvalue weighted by Gasteiger charge is -2.61. The second-order valence-electron chi connectivity index (χ2n) is 46.1. The van der Waals surface area contributed by atoms with Crippen LogP contribution in [0.4, 0.5) is 51.2 Å². The van der Waals surface area contributed by atoms with E-state index in [0.717, 1.165) is 117 Å². The number of rotatable bonds is 15. The van der Waals surface area contributed by atoms with E-state index in [0.29, 0.717) is 0 Å². The van der Waals surface area contributed by atoms with Crippen LogP contribution in [-0.4, -0.2) is 0 Å². The first kappa shape index (κ1) is 88.6.